The molecule has 0 radical (unpaired) electrons. The third-order valence-corrected chi connectivity index (χ3v) is 2.65. The molecule has 0 saturated heterocycles. The number of hydrogen-bond donors (Lipinski definition) is 2. The van der Waals surface area contributed by atoms with Crippen molar-refractivity contribution in [2.24, 2.45) is 5.73 Å². The Labute approximate surface area is 128 Å². The molecule has 0 fully saturated rings. The Morgan fingerprint density at radius 3 is 2.38 bits per heavy atom. The van der Waals surface area contributed by atoms with Crippen molar-refractivity contribution in [2.75, 3.05) is 0 Å². The smallest absolute Gasteiger partial charge is 0.148 e. The van der Waals surface area contributed by atoms with Crippen molar-refractivity contribution < 1.29 is 9.44 Å². The number of rotatable bonds is 4. The van der Waals surface area contributed by atoms with Crippen LogP contribution in [0.1, 0.15) is 16.7 Å². The van der Waals surface area contributed by atoms with Gasteiger partial charge in [-0.05, 0) is 17.7 Å². The summed E-state index contributed by atoms with van der Waals surface area (Å²) in [5.41, 5.74) is 7.31. The van der Waals surface area contributed by atoms with Gasteiger partial charge in [-0.2, -0.15) is 5.26 Å². The van der Waals surface area contributed by atoms with Gasteiger partial charge in [0.2, 0.25) is 0 Å². The summed E-state index contributed by atoms with van der Waals surface area (Å²) in [7, 11) is 0. The third-order valence-electron chi connectivity index (χ3n) is 2.65. The number of para-hydroxylation sites is 1. The number of nitrogens with zero attached hydrogens (tertiary/aromatic N) is 1. The van der Waals surface area contributed by atoms with Gasteiger partial charge in [-0.25, -0.2) is 0 Å². The lowest BCUT2D eigenvalue weighted by molar-refractivity contribution is 0.304. The van der Waals surface area contributed by atoms with Crippen molar-refractivity contribution in [1.29, 1.82) is 10.7 Å². The van der Waals surface area contributed by atoms with Gasteiger partial charge in [-0.3, -0.25) is 10.1 Å². The van der Waals surface area contributed by atoms with E-state index in [0.717, 1.165) is 5.56 Å². The SMILES string of the molecule is Cl.F.N#Cc1cccc(C(=N)N)c1OCc1ccccc1. The highest BCUT2D eigenvalue weighted by molar-refractivity contribution is 5.98. The molecule has 0 aliphatic heterocycles. The van der Waals surface area contributed by atoms with Crippen LogP contribution in [0, 0.1) is 16.7 Å². The summed E-state index contributed by atoms with van der Waals surface area (Å²) in [6, 6.07) is 16.7. The molecule has 110 valence electrons. The molecule has 0 bridgehead atoms. The van der Waals surface area contributed by atoms with Crippen molar-refractivity contribution in [2.45, 2.75) is 6.61 Å². The van der Waals surface area contributed by atoms with Gasteiger partial charge in [0.05, 0.1) is 11.1 Å². The summed E-state index contributed by atoms with van der Waals surface area (Å²) >= 11 is 0. The second kappa shape index (κ2) is 8.56. The van der Waals surface area contributed by atoms with Crippen molar-refractivity contribution in [1.82, 2.24) is 0 Å². The summed E-state index contributed by atoms with van der Waals surface area (Å²) < 4.78 is 5.66. The van der Waals surface area contributed by atoms with Crippen LogP contribution in [0.25, 0.3) is 0 Å². The molecule has 6 heteroatoms. The average molecular weight is 308 g/mol. The Hall–Kier alpha value is -2.58. The second-order valence-electron chi connectivity index (χ2n) is 3.98. The number of nitrogen functional groups attached to an aromatic ring is 1. The van der Waals surface area contributed by atoms with Crippen LogP contribution >= 0.6 is 12.4 Å². The molecular weight excluding hydrogens is 293 g/mol. The third kappa shape index (κ3) is 4.48. The van der Waals surface area contributed by atoms with E-state index in [1.165, 1.54) is 0 Å². The van der Waals surface area contributed by atoms with Gasteiger partial charge in [0, 0.05) is 0 Å². The fraction of sp³-hybridized carbons (Fsp3) is 0.0667. The fourth-order valence-corrected chi connectivity index (χ4v) is 1.72. The summed E-state index contributed by atoms with van der Waals surface area (Å²) in [4.78, 5) is 0. The molecule has 21 heavy (non-hydrogen) atoms. The second-order valence-corrected chi connectivity index (χ2v) is 3.98. The van der Waals surface area contributed by atoms with Crippen molar-refractivity contribution in [3.05, 3.63) is 65.2 Å². The Morgan fingerprint density at radius 2 is 1.81 bits per heavy atom. The molecule has 0 spiro atoms. The molecule has 0 atom stereocenters. The maximum Gasteiger partial charge on any atom is 0.148 e. The minimum atomic E-state index is -0.111. The van der Waals surface area contributed by atoms with Gasteiger partial charge in [-0.1, -0.05) is 36.4 Å². The van der Waals surface area contributed by atoms with E-state index < -0.39 is 0 Å². The van der Waals surface area contributed by atoms with E-state index in [1.54, 1.807) is 18.2 Å². The number of ether oxygens (including phenoxy) is 1. The van der Waals surface area contributed by atoms with Crippen LogP contribution in [0.2, 0.25) is 0 Å². The van der Waals surface area contributed by atoms with Crippen LogP contribution in [0.4, 0.5) is 4.70 Å². The lowest BCUT2D eigenvalue weighted by Gasteiger charge is -2.12. The van der Waals surface area contributed by atoms with Crippen LogP contribution in [-0.2, 0) is 6.61 Å². The fourth-order valence-electron chi connectivity index (χ4n) is 1.72. The predicted molar refractivity (Wildman–Crippen MR) is 82.7 cm³/mol. The quantitative estimate of drug-likeness (QED) is 0.673. The molecule has 2 aromatic rings. The maximum absolute atomic E-state index is 9.08. The van der Waals surface area contributed by atoms with Crippen LogP contribution < -0.4 is 10.5 Å². The molecule has 0 aromatic heterocycles. The highest BCUT2D eigenvalue weighted by Gasteiger charge is 2.11. The Kier molecular flexibility index (Phi) is 7.51. The number of amidine groups is 1. The average Bonchev–Trinajstić information content (AvgIpc) is 2.45. The molecule has 0 saturated carbocycles. The zero-order valence-electron chi connectivity index (χ0n) is 11.1. The summed E-state index contributed by atoms with van der Waals surface area (Å²) in [6.45, 7) is 0.333. The Bertz CT molecular complexity index is 641. The van der Waals surface area contributed by atoms with Crippen LogP contribution in [0.5, 0.6) is 5.75 Å². The number of benzene rings is 2. The molecule has 3 N–H and O–H groups in total. The Morgan fingerprint density at radius 1 is 1.14 bits per heavy atom. The van der Waals surface area contributed by atoms with Crippen LogP contribution in [0.15, 0.2) is 48.5 Å². The summed E-state index contributed by atoms with van der Waals surface area (Å²) in [5.74, 6) is 0.251. The van der Waals surface area contributed by atoms with Gasteiger partial charge in [0.15, 0.2) is 0 Å². The lowest BCUT2D eigenvalue weighted by Crippen LogP contribution is -2.14. The zero-order valence-corrected chi connectivity index (χ0v) is 11.9. The van der Waals surface area contributed by atoms with Crippen molar-refractivity contribution in [3.8, 4) is 11.8 Å². The summed E-state index contributed by atoms with van der Waals surface area (Å²) in [5, 5.41) is 16.6. The number of nitrogens with two attached hydrogens (primary N) is 1. The lowest BCUT2D eigenvalue weighted by atomic mass is 10.1. The van der Waals surface area contributed by atoms with E-state index in [-0.39, 0.29) is 22.9 Å². The minimum Gasteiger partial charge on any atom is -0.487 e. The number of hydrogen-bond acceptors (Lipinski definition) is 3. The topological polar surface area (TPSA) is 82.9 Å². The van der Waals surface area contributed by atoms with E-state index in [1.807, 2.05) is 36.4 Å². The molecule has 0 unspecified atom stereocenters. The van der Waals surface area contributed by atoms with E-state index >= 15 is 0 Å². The normalized spacial score (nSPS) is 8.71. The van der Waals surface area contributed by atoms with Gasteiger partial charge in [0.25, 0.3) is 0 Å². The molecule has 0 aliphatic carbocycles. The molecule has 2 aromatic carbocycles. The first-order chi connectivity index (χ1) is 9.22. The van der Waals surface area contributed by atoms with E-state index in [2.05, 4.69) is 0 Å². The first-order valence-electron chi connectivity index (χ1n) is 5.76. The van der Waals surface area contributed by atoms with Gasteiger partial charge in [-0.15, -0.1) is 12.4 Å². The Balaban J connectivity index is 0.00000200. The molecule has 0 aliphatic rings. The van der Waals surface area contributed by atoms with E-state index in [9.17, 15) is 0 Å². The molecule has 0 heterocycles. The van der Waals surface area contributed by atoms with E-state index in [0.29, 0.717) is 23.5 Å². The molecule has 0 amide bonds. The maximum atomic E-state index is 9.08. The number of nitrogens with one attached hydrogen (secondary N) is 1. The molecular formula is C15H15ClFN3O. The highest BCUT2D eigenvalue weighted by Crippen LogP contribution is 2.24. The molecule has 4 nitrogen and oxygen atoms in total. The number of nitriles is 1. The highest BCUT2D eigenvalue weighted by atomic mass is 35.5. The van der Waals surface area contributed by atoms with Crippen LogP contribution in [-0.4, -0.2) is 5.84 Å². The van der Waals surface area contributed by atoms with Gasteiger partial charge in [0.1, 0.15) is 24.3 Å². The van der Waals surface area contributed by atoms with Crippen molar-refractivity contribution in [3.63, 3.8) is 0 Å². The summed E-state index contributed by atoms with van der Waals surface area (Å²) in [6.07, 6.45) is 0. The predicted octanol–water partition coefficient (Wildman–Crippen LogP) is 3.00. The largest absolute Gasteiger partial charge is 0.487 e. The van der Waals surface area contributed by atoms with Crippen LogP contribution in [0.3, 0.4) is 0 Å². The molecule has 2 rings (SSSR count). The van der Waals surface area contributed by atoms with Gasteiger partial charge >= 0.3 is 0 Å². The standard InChI is InChI=1S/C15H13N3O.ClH.FH/c16-9-12-7-4-8-13(15(17)18)14(12)19-10-11-5-2-1-3-6-11;;/h1-8H,10H2,(H3,17,18);2*1H. The minimum absolute atomic E-state index is 0. The monoisotopic (exact) mass is 307 g/mol. The van der Waals surface area contributed by atoms with E-state index in [4.69, 9.17) is 21.1 Å². The van der Waals surface area contributed by atoms with Crippen molar-refractivity contribution >= 4 is 18.2 Å². The first kappa shape index (κ1) is 18.4. The first-order valence-corrected chi connectivity index (χ1v) is 5.76. The van der Waals surface area contributed by atoms with Gasteiger partial charge < -0.3 is 10.5 Å². The zero-order chi connectivity index (χ0) is 13.7. The number of halogens is 2.